The number of hydrogen-bond acceptors (Lipinski definition) is 1. The molecular formula is C17H18ClF2N. The van der Waals surface area contributed by atoms with E-state index in [1.807, 2.05) is 32.0 Å². The molecule has 1 nitrogen and oxygen atoms in total. The Kier molecular flexibility index (Phi) is 5.32. The quantitative estimate of drug-likeness (QED) is 0.848. The summed E-state index contributed by atoms with van der Waals surface area (Å²) in [4.78, 5) is 0. The molecule has 4 heteroatoms. The van der Waals surface area contributed by atoms with E-state index in [-0.39, 0.29) is 11.6 Å². The lowest BCUT2D eigenvalue weighted by molar-refractivity contribution is 0.499. The average molecular weight is 310 g/mol. The number of halogens is 3. The fourth-order valence-electron chi connectivity index (χ4n) is 2.25. The fourth-order valence-corrected chi connectivity index (χ4v) is 2.47. The van der Waals surface area contributed by atoms with Crippen molar-refractivity contribution in [2.75, 3.05) is 0 Å². The first-order chi connectivity index (χ1) is 9.97. The van der Waals surface area contributed by atoms with Crippen LogP contribution in [0, 0.1) is 18.6 Å². The summed E-state index contributed by atoms with van der Waals surface area (Å²) >= 11 is 5.92. The molecule has 2 aromatic carbocycles. The second-order valence-corrected chi connectivity index (χ2v) is 5.69. The summed E-state index contributed by atoms with van der Waals surface area (Å²) in [5.41, 5.74) is 2.35. The molecule has 21 heavy (non-hydrogen) atoms. The Morgan fingerprint density at radius 3 is 2.43 bits per heavy atom. The lowest BCUT2D eigenvalue weighted by atomic mass is 10.0. The van der Waals surface area contributed by atoms with Crippen LogP contribution in [-0.2, 0) is 13.0 Å². The van der Waals surface area contributed by atoms with Crippen molar-refractivity contribution in [3.05, 3.63) is 69.7 Å². The first-order valence-corrected chi connectivity index (χ1v) is 7.26. The fraction of sp³-hybridized carbons (Fsp3) is 0.294. The summed E-state index contributed by atoms with van der Waals surface area (Å²) in [6, 6.07) is 9.62. The van der Waals surface area contributed by atoms with E-state index in [9.17, 15) is 8.78 Å². The lowest BCUT2D eigenvalue weighted by Gasteiger charge is -2.16. The van der Waals surface area contributed by atoms with E-state index >= 15 is 0 Å². The Morgan fingerprint density at radius 2 is 1.81 bits per heavy atom. The standard InChI is InChI=1S/C17H18ClF2N/c1-11-8-14(18)7-6-13(11)10-21-12(2)9-15-16(19)4-3-5-17(15)20/h3-8,12,21H,9-10H2,1-2H3. The Labute approximate surface area is 128 Å². The normalized spacial score (nSPS) is 12.4. The molecule has 0 fully saturated rings. The van der Waals surface area contributed by atoms with Crippen molar-refractivity contribution in [1.82, 2.24) is 5.32 Å². The van der Waals surface area contributed by atoms with Gasteiger partial charge in [-0.2, -0.15) is 0 Å². The molecule has 0 saturated heterocycles. The molecule has 0 radical (unpaired) electrons. The maximum absolute atomic E-state index is 13.6. The van der Waals surface area contributed by atoms with Crippen molar-refractivity contribution in [2.24, 2.45) is 0 Å². The molecule has 0 spiro atoms. The summed E-state index contributed by atoms with van der Waals surface area (Å²) in [5, 5.41) is 3.99. The molecule has 1 unspecified atom stereocenters. The van der Waals surface area contributed by atoms with Gasteiger partial charge in [0.1, 0.15) is 11.6 Å². The van der Waals surface area contributed by atoms with Gasteiger partial charge in [0.15, 0.2) is 0 Å². The number of aryl methyl sites for hydroxylation is 1. The second kappa shape index (κ2) is 7.01. The molecule has 1 atom stereocenters. The summed E-state index contributed by atoms with van der Waals surface area (Å²) in [7, 11) is 0. The molecule has 0 aromatic heterocycles. The molecule has 2 aromatic rings. The molecule has 0 aliphatic rings. The van der Waals surface area contributed by atoms with Gasteiger partial charge in [0.05, 0.1) is 0 Å². The van der Waals surface area contributed by atoms with Gasteiger partial charge in [0.25, 0.3) is 0 Å². The van der Waals surface area contributed by atoms with E-state index in [2.05, 4.69) is 5.32 Å². The zero-order valence-corrected chi connectivity index (χ0v) is 12.8. The SMILES string of the molecule is Cc1cc(Cl)ccc1CNC(C)Cc1c(F)cccc1F. The van der Waals surface area contributed by atoms with Crippen LogP contribution in [0.3, 0.4) is 0 Å². The minimum Gasteiger partial charge on any atom is -0.310 e. The van der Waals surface area contributed by atoms with E-state index in [0.29, 0.717) is 18.0 Å². The minimum absolute atomic E-state index is 0.0357. The maximum Gasteiger partial charge on any atom is 0.129 e. The predicted octanol–water partition coefficient (Wildman–Crippen LogP) is 4.65. The summed E-state index contributed by atoms with van der Waals surface area (Å²) < 4.78 is 27.2. The molecule has 2 rings (SSSR count). The van der Waals surface area contributed by atoms with Crippen LogP contribution in [0.15, 0.2) is 36.4 Å². The predicted molar refractivity (Wildman–Crippen MR) is 82.6 cm³/mol. The van der Waals surface area contributed by atoms with E-state index in [1.165, 1.54) is 18.2 Å². The van der Waals surface area contributed by atoms with Crippen molar-refractivity contribution in [3.63, 3.8) is 0 Å². The molecular weight excluding hydrogens is 292 g/mol. The van der Waals surface area contributed by atoms with Gasteiger partial charge < -0.3 is 5.32 Å². The van der Waals surface area contributed by atoms with Gasteiger partial charge in [-0.05, 0) is 55.7 Å². The second-order valence-electron chi connectivity index (χ2n) is 5.26. The zero-order valence-electron chi connectivity index (χ0n) is 12.1. The van der Waals surface area contributed by atoms with Crippen LogP contribution >= 0.6 is 11.6 Å². The van der Waals surface area contributed by atoms with Crippen molar-refractivity contribution in [2.45, 2.75) is 32.9 Å². The third-order valence-electron chi connectivity index (χ3n) is 3.52. The van der Waals surface area contributed by atoms with E-state index in [1.54, 1.807) is 0 Å². The maximum atomic E-state index is 13.6. The van der Waals surface area contributed by atoms with Crippen LogP contribution in [-0.4, -0.2) is 6.04 Å². The highest BCUT2D eigenvalue weighted by Gasteiger charge is 2.12. The Morgan fingerprint density at radius 1 is 1.14 bits per heavy atom. The van der Waals surface area contributed by atoms with Crippen molar-refractivity contribution in [1.29, 1.82) is 0 Å². The Balaban J connectivity index is 1.97. The Hall–Kier alpha value is -1.45. The largest absolute Gasteiger partial charge is 0.310 e. The zero-order chi connectivity index (χ0) is 15.4. The summed E-state index contributed by atoms with van der Waals surface area (Å²) in [6.07, 6.45) is 0.311. The molecule has 0 aliphatic carbocycles. The molecule has 1 N–H and O–H groups in total. The van der Waals surface area contributed by atoms with Crippen molar-refractivity contribution >= 4 is 11.6 Å². The van der Waals surface area contributed by atoms with Crippen LogP contribution in [0.4, 0.5) is 8.78 Å². The highest BCUT2D eigenvalue weighted by molar-refractivity contribution is 6.30. The minimum atomic E-state index is -0.494. The molecule has 112 valence electrons. The van der Waals surface area contributed by atoms with Crippen LogP contribution in [0.2, 0.25) is 5.02 Å². The highest BCUT2D eigenvalue weighted by atomic mass is 35.5. The first-order valence-electron chi connectivity index (χ1n) is 6.88. The lowest BCUT2D eigenvalue weighted by Crippen LogP contribution is -2.28. The van der Waals surface area contributed by atoms with Gasteiger partial charge in [-0.15, -0.1) is 0 Å². The van der Waals surface area contributed by atoms with Crippen molar-refractivity contribution < 1.29 is 8.78 Å². The third kappa shape index (κ3) is 4.26. The van der Waals surface area contributed by atoms with Gasteiger partial charge in [0, 0.05) is 23.2 Å². The van der Waals surface area contributed by atoms with Gasteiger partial charge >= 0.3 is 0 Å². The van der Waals surface area contributed by atoms with Crippen LogP contribution in [0.25, 0.3) is 0 Å². The average Bonchev–Trinajstić information content (AvgIpc) is 2.42. The van der Waals surface area contributed by atoms with Crippen LogP contribution in [0.1, 0.15) is 23.6 Å². The van der Waals surface area contributed by atoms with Gasteiger partial charge in [-0.1, -0.05) is 23.7 Å². The molecule has 0 saturated carbocycles. The van der Waals surface area contributed by atoms with Gasteiger partial charge in [-0.25, -0.2) is 8.78 Å². The number of rotatable bonds is 5. The smallest absolute Gasteiger partial charge is 0.129 e. The molecule has 0 aliphatic heterocycles. The monoisotopic (exact) mass is 309 g/mol. The number of benzene rings is 2. The van der Waals surface area contributed by atoms with E-state index in [4.69, 9.17) is 11.6 Å². The third-order valence-corrected chi connectivity index (χ3v) is 3.75. The molecule has 0 bridgehead atoms. The summed E-state index contributed by atoms with van der Waals surface area (Å²) in [6.45, 7) is 4.54. The van der Waals surface area contributed by atoms with Crippen LogP contribution < -0.4 is 5.32 Å². The van der Waals surface area contributed by atoms with Crippen LogP contribution in [0.5, 0.6) is 0 Å². The molecule has 0 amide bonds. The van der Waals surface area contributed by atoms with E-state index in [0.717, 1.165) is 11.1 Å². The first kappa shape index (κ1) is 15.9. The molecule has 0 heterocycles. The summed E-state index contributed by atoms with van der Waals surface area (Å²) in [5.74, 6) is -0.988. The topological polar surface area (TPSA) is 12.0 Å². The number of hydrogen-bond donors (Lipinski definition) is 1. The van der Waals surface area contributed by atoms with Crippen molar-refractivity contribution in [3.8, 4) is 0 Å². The van der Waals surface area contributed by atoms with E-state index < -0.39 is 11.6 Å². The van der Waals surface area contributed by atoms with Gasteiger partial charge in [-0.3, -0.25) is 0 Å². The van der Waals surface area contributed by atoms with Gasteiger partial charge in [0.2, 0.25) is 0 Å². The number of nitrogens with one attached hydrogen (secondary N) is 1. The highest BCUT2D eigenvalue weighted by Crippen LogP contribution is 2.17. The Bertz CT molecular complexity index is 608.